The largest absolute Gasteiger partial charge is 0.456 e. The molecule has 0 fully saturated rings. The summed E-state index contributed by atoms with van der Waals surface area (Å²) < 4.78 is 15.0. The number of nitrogens with zero attached hydrogens (tertiary/aromatic N) is 5. The molecule has 1 unspecified atom stereocenters. The topological polar surface area (TPSA) is 51.6 Å². The second kappa shape index (κ2) is 22.8. The number of allylic oxidation sites excluding steroid dienone is 3. The lowest BCUT2D eigenvalue weighted by atomic mass is 9.82. The van der Waals surface area contributed by atoms with E-state index < -0.39 is 0 Å². The predicted octanol–water partition coefficient (Wildman–Crippen LogP) is 24.6. The summed E-state index contributed by atoms with van der Waals surface area (Å²) in [5, 5.41) is 20.1. The van der Waals surface area contributed by atoms with Gasteiger partial charge in [-0.2, -0.15) is 0 Å². The first-order chi connectivity index (χ1) is 51.8. The Bertz CT molecular complexity index is 7080. The third-order valence-corrected chi connectivity index (χ3v) is 22.9. The van der Waals surface area contributed by atoms with Crippen molar-refractivity contribution in [2.75, 3.05) is 26.3 Å². The normalized spacial score (nSPS) is 15.0. The van der Waals surface area contributed by atoms with Crippen LogP contribution in [0.5, 0.6) is 0 Å². The van der Waals surface area contributed by atoms with E-state index >= 15 is 0 Å². The van der Waals surface area contributed by atoms with Crippen LogP contribution in [0.3, 0.4) is 0 Å². The van der Waals surface area contributed by atoms with Crippen molar-refractivity contribution >= 4 is 172 Å². The summed E-state index contributed by atoms with van der Waals surface area (Å²) in [6.45, 7) is 5.16. The molecule has 4 aliphatic rings. The number of benzene rings is 16. The maximum absolute atomic E-state index is 7.69. The molecule has 22 rings (SSSR count). The zero-order valence-electron chi connectivity index (χ0n) is 57.7. The van der Waals surface area contributed by atoms with E-state index in [9.17, 15) is 0 Å². The van der Waals surface area contributed by atoms with Crippen LogP contribution in [0.4, 0.5) is 45.5 Å². The van der Waals surface area contributed by atoms with Gasteiger partial charge in [0.15, 0.2) is 0 Å². The third-order valence-electron chi connectivity index (χ3n) is 22.9. The van der Waals surface area contributed by atoms with Gasteiger partial charge in [-0.15, -0.1) is 0 Å². The van der Waals surface area contributed by atoms with Crippen molar-refractivity contribution in [3.05, 3.63) is 349 Å². The van der Waals surface area contributed by atoms with E-state index in [-0.39, 0.29) is 11.5 Å². The summed E-state index contributed by atoms with van der Waals surface area (Å²) in [5.74, 6) is 0. The Morgan fingerprint density at radius 3 is 1.90 bits per heavy atom. The van der Waals surface area contributed by atoms with Crippen LogP contribution < -0.4 is 30.0 Å². The number of aliphatic imine (C=N–C) groups is 1. The average molecular weight is 1340 g/mol. The predicted molar refractivity (Wildman–Crippen MR) is 441 cm³/mol. The Kier molecular flexibility index (Phi) is 12.8. The molecule has 18 aromatic rings. The van der Waals surface area contributed by atoms with Crippen molar-refractivity contribution in [3.8, 4) is 22.3 Å². The van der Waals surface area contributed by atoms with Gasteiger partial charge in [0.2, 0.25) is 0 Å². The number of hydrogen-bond donors (Lipinski definition) is 0. The molecule has 0 saturated carbocycles. The van der Waals surface area contributed by atoms with Gasteiger partial charge < -0.3 is 28.4 Å². The average Bonchev–Trinajstić information content (AvgIpc) is 1.60. The molecule has 0 amide bonds. The molecular weight excluding hydrogens is 1280 g/mol. The van der Waals surface area contributed by atoms with Gasteiger partial charge in [0.1, 0.15) is 29.0 Å². The molecule has 7 nitrogen and oxygen atoms in total. The van der Waals surface area contributed by atoms with Crippen molar-refractivity contribution in [1.29, 1.82) is 0 Å². The molecule has 4 heterocycles. The minimum atomic E-state index is -0.252. The molecule has 0 N–H and O–H groups in total. The van der Waals surface area contributed by atoms with Gasteiger partial charge >= 0.3 is 0 Å². The molecule has 2 aromatic heterocycles. The first kappa shape index (κ1) is 59.2. The lowest BCUT2D eigenvalue weighted by Crippen LogP contribution is -2.44. The Labute approximate surface area is 605 Å². The maximum atomic E-state index is 7.69. The summed E-state index contributed by atoms with van der Waals surface area (Å²) in [7, 11) is 0. The monoisotopic (exact) mass is 1340 g/mol. The molecule has 7 heteroatoms. The van der Waals surface area contributed by atoms with E-state index in [0.29, 0.717) is 6.67 Å². The smallest absolute Gasteiger partial charge is 0.144 e. The quantitative estimate of drug-likeness (QED) is 0.134. The van der Waals surface area contributed by atoms with E-state index in [0.717, 1.165) is 127 Å². The van der Waals surface area contributed by atoms with E-state index in [1.807, 2.05) is 12.3 Å². The van der Waals surface area contributed by atoms with Crippen molar-refractivity contribution in [2.45, 2.75) is 25.3 Å². The minimum absolute atomic E-state index is 0.0468. The van der Waals surface area contributed by atoms with Crippen LogP contribution in [0.2, 0.25) is 0 Å². The number of anilines is 8. The van der Waals surface area contributed by atoms with E-state index in [4.69, 9.17) is 13.8 Å². The van der Waals surface area contributed by atoms with E-state index in [1.54, 1.807) is 0 Å². The fraction of sp³-hybridized carbons (Fsp3) is 0.0510. The van der Waals surface area contributed by atoms with Crippen molar-refractivity contribution in [2.24, 2.45) is 4.99 Å². The van der Waals surface area contributed by atoms with Crippen LogP contribution >= 0.6 is 0 Å². The molecule has 105 heavy (non-hydrogen) atoms. The first-order valence-corrected chi connectivity index (χ1v) is 36.3. The highest BCUT2D eigenvalue weighted by molar-refractivity contribution is 6.37. The summed E-state index contributed by atoms with van der Waals surface area (Å²) in [5.41, 5.74) is 19.9. The zero-order chi connectivity index (χ0) is 69.2. The molecule has 2 aliphatic heterocycles. The highest BCUT2D eigenvalue weighted by Crippen LogP contribution is 2.56. The number of hydrogen-bond acceptors (Lipinski definition) is 7. The highest BCUT2D eigenvalue weighted by Gasteiger charge is 2.37. The SMILES string of the molecule is CC1(C)c2ccccc2-c2ccc(N(c3ccccc3)c3cc4c(N5C=CC=NC5)cc5c(oc6cccc(N7C=c8ccccc8=C8C=CC=CC87)c65)c4c4c3ccc3oc5ccc(N(c6ccccc6)c6cc7ccccc7c7cc(-c8ccc9ccc%10ccccc%10c9c8)ccc67)cc5c34)cc21. The van der Waals surface area contributed by atoms with Gasteiger partial charge in [-0.3, -0.25) is 4.99 Å². The second-order valence-corrected chi connectivity index (χ2v) is 28.9. The Morgan fingerprint density at radius 2 is 1.07 bits per heavy atom. The summed E-state index contributed by atoms with van der Waals surface area (Å²) in [6.07, 6.45) is 17.4. The minimum Gasteiger partial charge on any atom is -0.456 e. The van der Waals surface area contributed by atoms with Gasteiger partial charge in [0, 0.05) is 89.9 Å². The number of furan rings is 2. The fourth-order valence-electron chi connectivity index (χ4n) is 18.0. The number of rotatable bonds is 9. The molecule has 2 aliphatic carbocycles. The van der Waals surface area contributed by atoms with Crippen LogP contribution in [-0.2, 0) is 5.41 Å². The van der Waals surface area contributed by atoms with Crippen molar-refractivity contribution < 1.29 is 8.83 Å². The van der Waals surface area contributed by atoms with E-state index in [1.165, 1.54) is 76.1 Å². The fourth-order valence-corrected chi connectivity index (χ4v) is 18.0. The third kappa shape index (κ3) is 8.95. The van der Waals surface area contributed by atoms with Gasteiger partial charge in [0.25, 0.3) is 0 Å². The summed E-state index contributed by atoms with van der Waals surface area (Å²) in [6, 6.07) is 108. The van der Waals surface area contributed by atoms with Crippen LogP contribution in [0, 0.1) is 0 Å². The molecule has 0 spiro atoms. The molecule has 494 valence electrons. The molecule has 0 bridgehead atoms. The van der Waals surface area contributed by atoms with Crippen LogP contribution in [0.1, 0.15) is 25.0 Å². The van der Waals surface area contributed by atoms with Crippen LogP contribution in [0.15, 0.2) is 342 Å². The Balaban J connectivity index is 0.834. The van der Waals surface area contributed by atoms with Crippen LogP contribution in [-0.4, -0.2) is 18.9 Å². The van der Waals surface area contributed by atoms with Gasteiger partial charge in [-0.25, -0.2) is 0 Å². The van der Waals surface area contributed by atoms with Gasteiger partial charge in [-0.05, 0) is 202 Å². The molecule has 0 radical (unpaired) electrons. The van der Waals surface area contributed by atoms with Gasteiger partial charge in [0.05, 0.1) is 34.2 Å². The second-order valence-electron chi connectivity index (χ2n) is 28.9. The Morgan fingerprint density at radius 1 is 0.400 bits per heavy atom. The van der Waals surface area contributed by atoms with E-state index in [2.05, 4.69) is 361 Å². The maximum Gasteiger partial charge on any atom is 0.144 e. The lowest BCUT2D eigenvalue weighted by Gasteiger charge is -2.34. The Hall–Kier alpha value is -13.5. The number of para-hydroxylation sites is 2. The lowest BCUT2D eigenvalue weighted by molar-refractivity contribution is 0.660. The zero-order valence-corrected chi connectivity index (χ0v) is 57.7. The van der Waals surface area contributed by atoms with Crippen molar-refractivity contribution in [1.82, 2.24) is 0 Å². The molecule has 1 atom stereocenters. The standard InChI is InChI=1S/C98H65N5O2/c1-98(2)83-33-17-15-31-73(83)74-45-42-69(55-84(74)98)103(67-26-7-4-8-27-67)89-56-80-87(100-50-20-49-99-59-100)57-82-93-86(101-58-65-23-11-14-30-72(65)75-32-16-18-34-85(75)101)35-19-36-91(93)105-97(82)96(80)95-77(89)46-48-92-94(95)81-54-68(43-47-90(81)104-92)102(66-24-5-3-6-25-66)88-53-64-22-10-13-29-71(64)79-52-63(41-44-76(79)88)62-40-39-61-38-37-60-21-9-12-28-70(60)78(61)51-62/h3-58,85H,59H2,1-2H3. The molecular formula is C98H65N5O2. The molecule has 0 saturated heterocycles. The summed E-state index contributed by atoms with van der Waals surface area (Å²) in [4.78, 5) is 14.7. The highest BCUT2D eigenvalue weighted by atomic mass is 16.3. The molecule has 16 aromatic carbocycles. The van der Waals surface area contributed by atoms with Crippen molar-refractivity contribution in [3.63, 3.8) is 0 Å². The summed E-state index contributed by atoms with van der Waals surface area (Å²) >= 11 is 0. The van der Waals surface area contributed by atoms with Crippen LogP contribution in [0.25, 0.3) is 143 Å². The van der Waals surface area contributed by atoms with Gasteiger partial charge in [-0.1, -0.05) is 220 Å². The first-order valence-electron chi connectivity index (χ1n) is 36.3. The number of fused-ring (bicyclic) bond motifs is 22.